The molecule has 1 aliphatic rings. The number of esters is 1. The Morgan fingerprint density at radius 3 is 2.26 bits per heavy atom. The molecule has 0 bridgehead atoms. The smallest absolute Gasteiger partial charge is 0.355 e. The van der Waals surface area contributed by atoms with Gasteiger partial charge in [0.05, 0.1) is 6.61 Å². The maximum absolute atomic E-state index is 13.4. The molecule has 0 radical (unpaired) electrons. The molecule has 5 heteroatoms. The Hall–Kier alpha value is -2.65. The predicted octanol–water partition coefficient (Wildman–Crippen LogP) is 4.81. The Bertz CT molecular complexity index is 935. The first-order valence-corrected chi connectivity index (χ1v) is 10.4. The minimum Gasteiger partial charge on any atom is -0.457 e. The van der Waals surface area contributed by atoms with Gasteiger partial charge in [0.25, 0.3) is 5.60 Å². The zero-order valence-corrected chi connectivity index (χ0v) is 18.8. The SMILES string of the molecule is CC(C)(C)OC(=O)[C@@]1(C#CCOCc2ccccc2)OC(C)(C)O[C@H]1c1ccccc1. The Morgan fingerprint density at radius 1 is 1.03 bits per heavy atom. The van der Waals surface area contributed by atoms with Crippen LogP contribution in [0.5, 0.6) is 0 Å². The second-order valence-corrected chi connectivity index (χ2v) is 8.93. The van der Waals surface area contributed by atoms with E-state index in [9.17, 15) is 4.79 Å². The molecule has 1 heterocycles. The van der Waals surface area contributed by atoms with Gasteiger partial charge in [0, 0.05) is 0 Å². The number of carbonyl (C=O) groups is 1. The van der Waals surface area contributed by atoms with E-state index in [1.165, 1.54) is 0 Å². The molecule has 3 rings (SSSR count). The molecule has 1 saturated heterocycles. The van der Waals surface area contributed by atoms with Crippen LogP contribution in [-0.2, 0) is 30.3 Å². The molecule has 0 aliphatic carbocycles. The highest BCUT2D eigenvalue weighted by atomic mass is 16.8. The molecule has 0 N–H and O–H groups in total. The van der Waals surface area contributed by atoms with Crippen LogP contribution in [0.3, 0.4) is 0 Å². The van der Waals surface area contributed by atoms with E-state index >= 15 is 0 Å². The van der Waals surface area contributed by atoms with E-state index in [1.807, 2.05) is 81.4 Å². The Morgan fingerprint density at radius 2 is 1.65 bits per heavy atom. The van der Waals surface area contributed by atoms with Gasteiger partial charge in [0.15, 0.2) is 5.79 Å². The molecule has 0 unspecified atom stereocenters. The summed E-state index contributed by atoms with van der Waals surface area (Å²) in [5.74, 6) is 4.38. The largest absolute Gasteiger partial charge is 0.457 e. The van der Waals surface area contributed by atoms with Crippen molar-refractivity contribution in [2.24, 2.45) is 0 Å². The fraction of sp³-hybridized carbons (Fsp3) is 0.423. The second-order valence-electron chi connectivity index (χ2n) is 8.93. The number of ether oxygens (including phenoxy) is 4. The van der Waals surface area contributed by atoms with E-state index in [2.05, 4.69) is 11.8 Å². The van der Waals surface area contributed by atoms with Gasteiger partial charge in [-0.3, -0.25) is 0 Å². The highest BCUT2D eigenvalue weighted by Gasteiger charge is 2.60. The van der Waals surface area contributed by atoms with Gasteiger partial charge in [0.2, 0.25) is 0 Å². The summed E-state index contributed by atoms with van der Waals surface area (Å²) in [5, 5.41) is 0. The van der Waals surface area contributed by atoms with Crippen molar-refractivity contribution in [3.05, 3.63) is 71.8 Å². The molecule has 2 aromatic carbocycles. The lowest BCUT2D eigenvalue weighted by atomic mass is 9.91. The number of rotatable bonds is 5. The molecule has 164 valence electrons. The van der Waals surface area contributed by atoms with Crippen LogP contribution in [0.15, 0.2) is 60.7 Å². The van der Waals surface area contributed by atoms with Crippen molar-refractivity contribution in [1.82, 2.24) is 0 Å². The van der Waals surface area contributed by atoms with Crippen molar-refractivity contribution >= 4 is 5.97 Å². The molecule has 1 fully saturated rings. The van der Waals surface area contributed by atoms with Crippen molar-refractivity contribution in [1.29, 1.82) is 0 Å². The number of hydrogen-bond donors (Lipinski definition) is 0. The minimum absolute atomic E-state index is 0.144. The van der Waals surface area contributed by atoms with Crippen LogP contribution < -0.4 is 0 Å². The average Bonchev–Trinajstić information content (AvgIpc) is 3.00. The lowest BCUT2D eigenvalue weighted by Gasteiger charge is -2.30. The van der Waals surface area contributed by atoms with E-state index in [4.69, 9.17) is 18.9 Å². The molecule has 2 atom stereocenters. The van der Waals surface area contributed by atoms with E-state index < -0.39 is 29.1 Å². The summed E-state index contributed by atoms with van der Waals surface area (Å²) in [6.07, 6.45) is -0.736. The Balaban J connectivity index is 1.88. The molecular formula is C26H30O5. The van der Waals surface area contributed by atoms with Crippen LogP contribution in [-0.4, -0.2) is 29.6 Å². The Labute approximate surface area is 184 Å². The van der Waals surface area contributed by atoms with Gasteiger partial charge in [-0.2, -0.15) is 0 Å². The van der Waals surface area contributed by atoms with Crippen molar-refractivity contribution < 1.29 is 23.7 Å². The first-order valence-electron chi connectivity index (χ1n) is 10.4. The lowest BCUT2D eigenvalue weighted by Crippen LogP contribution is -2.47. The first-order chi connectivity index (χ1) is 14.6. The Kier molecular flexibility index (Phi) is 6.86. The zero-order valence-electron chi connectivity index (χ0n) is 18.8. The molecule has 0 saturated carbocycles. The summed E-state index contributed by atoms with van der Waals surface area (Å²) < 4.78 is 23.7. The normalized spacial score (nSPS) is 22.4. The van der Waals surface area contributed by atoms with Crippen LogP contribution in [0, 0.1) is 11.8 Å². The van der Waals surface area contributed by atoms with E-state index in [0.717, 1.165) is 11.1 Å². The number of carbonyl (C=O) groups excluding carboxylic acids is 1. The van der Waals surface area contributed by atoms with Crippen LogP contribution in [0.1, 0.15) is 51.8 Å². The number of benzene rings is 2. The second kappa shape index (κ2) is 9.23. The molecular weight excluding hydrogens is 392 g/mol. The van der Waals surface area contributed by atoms with Crippen molar-refractivity contribution in [2.75, 3.05) is 6.61 Å². The van der Waals surface area contributed by atoms with E-state index in [0.29, 0.717) is 6.61 Å². The van der Waals surface area contributed by atoms with Crippen molar-refractivity contribution in [2.45, 2.75) is 64.3 Å². The highest BCUT2D eigenvalue weighted by Crippen LogP contribution is 2.46. The first kappa shape index (κ1) is 23.0. The quantitative estimate of drug-likeness (QED) is 0.393. The van der Waals surface area contributed by atoms with Crippen LogP contribution >= 0.6 is 0 Å². The minimum atomic E-state index is -1.60. The summed E-state index contributed by atoms with van der Waals surface area (Å²) in [4.78, 5) is 13.4. The molecule has 5 nitrogen and oxygen atoms in total. The van der Waals surface area contributed by atoms with E-state index in [1.54, 1.807) is 13.8 Å². The van der Waals surface area contributed by atoms with Crippen LogP contribution in [0.4, 0.5) is 0 Å². The molecule has 0 amide bonds. The fourth-order valence-corrected chi connectivity index (χ4v) is 3.37. The van der Waals surface area contributed by atoms with Gasteiger partial charge < -0.3 is 18.9 Å². The monoisotopic (exact) mass is 422 g/mol. The van der Waals surface area contributed by atoms with Crippen molar-refractivity contribution in [3.8, 4) is 11.8 Å². The van der Waals surface area contributed by atoms with E-state index in [-0.39, 0.29) is 6.61 Å². The molecule has 1 aliphatic heterocycles. The summed E-state index contributed by atoms with van der Waals surface area (Å²) in [7, 11) is 0. The highest BCUT2D eigenvalue weighted by molar-refractivity contribution is 5.86. The standard InChI is InChI=1S/C26H30O5/c1-24(2,3)30-23(27)26(17-12-18-28-19-20-13-8-6-9-14-20)22(29-25(4,5)31-26)21-15-10-7-11-16-21/h6-11,13-16,22H,18-19H2,1-5H3/t22-,26-/m0/s1. The third-order valence-electron chi connectivity index (χ3n) is 4.54. The van der Waals surface area contributed by atoms with Crippen LogP contribution in [0.2, 0.25) is 0 Å². The molecule has 0 aromatic heterocycles. The third kappa shape index (κ3) is 5.95. The summed E-state index contributed by atoms with van der Waals surface area (Å²) in [6.45, 7) is 9.55. The lowest BCUT2D eigenvalue weighted by molar-refractivity contribution is -0.188. The summed E-state index contributed by atoms with van der Waals surface area (Å²) >= 11 is 0. The van der Waals surface area contributed by atoms with Crippen molar-refractivity contribution in [3.63, 3.8) is 0 Å². The van der Waals surface area contributed by atoms with Gasteiger partial charge in [-0.1, -0.05) is 72.5 Å². The predicted molar refractivity (Wildman–Crippen MR) is 118 cm³/mol. The van der Waals surface area contributed by atoms with Gasteiger partial charge in [-0.25, -0.2) is 4.79 Å². The number of hydrogen-bond acceptors (Lipinski definition) is 5. The molecule has 2 aromatic rings. The van der Waals surface area contributed by atoms with Gasteiger partial charge in [0.1, 0.15) is 18.3 Å². The van der Waals surface area contributed by atoms with Gasteiger partial charge >= 0.3 is 5.97 Å². The van der Waals surface area contributed by atoms with Crippen LogP contribution in [0.25, 0.3) is 0 Å². The summed E-state index contributed by atoms with van der Waals surface area (Å²) in [5.41, 5.74) is -0.463. The zero-order chi connectivity index (χ0) is 22.5. The molecule has 0 spiro atoms. The third-order valence-corrected chi connectivity index (χ3v) is 4.54. The fourth-order valence-electron chi connectivity index (χ4n) is 3.37. The topological polar surface area (TPSA) is 54.0 Å². The average molecular weight is 423 g/mol. The maximum Gasteiger partial charge on any atom is 0.355 e. The maximum atomic E-state index is 13.4. The van der Waals surface area contributed by atoms with Gasteiger partial charge in [-0.05, 0) is 45.7 Å². The van der Waals surface area contributed by atoms with Gasteiger partial charge in [-0.15, -0.1) is 0 Å². The summed E-state index contributed by atoms with van der Waals surface area (Å²) in [6, 6.07) is 19.3. The molecule has 31 heavy (non-hydrogen) atoms.